The predicted octanol–water partition coefficient (Wildman–Crippen LogP) is 3.28. The van der Waals surface area contributed by atoms with Crippen LogP contribution in [0, 0.1) is 6.92 Å². The highest BCUT2D eigenvalue weighted by Crippen LogP contribution is 2.34. The second-order valence-electron chi connectivity index (χ2n) is 9.40. The molecule has 2 fully saturated rings. The van der Waals surface area contributed by atoms with Crippen molar-refractivity contribution in [2.75, 3.05) is 37.6 Å². The Hall–Kier alpha value is -2.54. The quantitative estimate of drug-likeness (QED) is 0.720. The summed E-state index contributed by atoms with van der Waals surface area (Å²) in [6.45, 7) is 7.27. The van der Waals surface area contributed by atoms with Gasteiger partial charge in [0.05, 0.1) is 24.8 Å². The molecular weight excluding hydrogens is 400 g/mol. The van der Waals surface area contributed by atoms with Crippen molar-refractivity contribution in [3.63, 3.8) is 0 Å². The fourth-order valence-corrected chi connectivity index (χ4v) is 5.42. The standard InChI is InChI=1S/C25H34N6O/c1-19-21-10-8-15-30(17-20-9-2-4-12-26-20)25(21)28-24(27-19)22-11-3-5-16-31(22)23(32)18-29-13-6-7-14-29/h2,4,9,12,22H,3,5-8,10-11,13-18H2,1H3/t22-/m1/s1. The number of carbonyl (C=O) groups excluding carboxylic acids is 1. The molecule has 1 atom stereocenters. The van der Waals surface area contributed by atoms with E-state index in [1.54, 1.807) is 0 Å². The van der Waals surface area contributed by atoms with Crippen LogP contribution < -0.4 is 4.90 Å². The van der Waals surface area contributed by atoms with Crippen molar-refractivity contribution in [1.82, 2.24) is 24.8 Å². The summed E-state index contributed by atoms with van der Waals surface area (Å²) in [5, 5.41) is 0. The molecule has 1 amide bonds. The first-order valence-electron chi connectivity index (χ1n) is 12.2. The van der Waals surface area contributed by atoms with Gasteiger partial charge in [-0.1, -0.05) is 6.07 Å². The number of fused-ring (bicyclic) bond motifs is 1. The van der Waals surface area contributed by atoms with Crippen molar-refractivity contribution in [2.24, 2.45) is 0 Å². The van der Waals surface area contributed by atoms with Gasteiger partial charge in [-0.15, -0.1) is 0 Å². The summed E-state index contributed by atoms with van der Waals surface area (Å²) in [4.78, 5) is 34.5. The number of rotatable bonds is 5. The average Bonchev–Trinajstić information content (AvgIpc) is 3.33. The molecule has 7 heteroatoms. The van der Waals surface area contributed by atoms with Crippen LogP contribution in [0.4, 0.5) is 5.82 Å². The lowest BCUT2D eigenvalue weighted by atomic mass is 9.99. The number of amides is 1. The Balaban J connectivity index is 1.41. The molecule has 7 nitrogen and oxygen atoms in total. The van der Waals surface area contributed by atoms with Crippen LogP contribution >= 0.6 is 0 Å². The molecule has 5 rings (SSSR count). The van der Waals surface area contributed by atoms with Crippen molar-refractivity contribution >= 4 is 11.7 Å². The summed E-state index contributed by atoms with van der Waals surface area (Å²) in [6.07, 6.45) is 9.52. The summed E-state index contributed by atoms with van der Waals surface area (Å²) in [7, 11) is 0. The van der Waals surface area contributed by atoms with E-state index in [0.29, 0.717) is 6.54 Å². The Bertz CT molecular complexity index is 943. The van der Waals surface area contributed by atoms with Gasteiger partial charge in [-0.25, -0.2) is 9.97 Å². The maximum Gasteiger partial charge on any atom is 0.237 e. The Labute approximate surface area is 190 Å². The highest BCUT2D eigenvalue weighted by atomic mass is 16.2. The lowest BCUT2D eigenvalue weighted by Crippen LogP contribution is -2.44. The maximum atomic E-state index is 13.2. The number of anilines is 1. The Morgan fingerprint density at radius 1 is 1.03 bits per heavy atom. The third-order valence-electron chi connectivity index (χ3n) is 7.12. The van der Waals surface area contributed by atoms with Gasteiger partial charge < -0.3 is 9.80 Å². The van der Waals surface area contributed by atoms with E-state index in [9.17, 15) is 4.79 Å². The predicted molar refractivity (Wildman–Crippen MR) is 124 cm³/mol. The van der Waals surface area contributed by atoms with E-state index >= 15 is 0 Å². The van der Waals surface area contributed by atoms with Crippen LogP contribution in [-0.2, 0) is 17.8 Å². The van der Waals surface area contributed by atoms with E-state index in [1.807, 2.05) is 18.3 Å². The minimum atomic E-state index is -0.0125. The normalized spacial score (nSPS) is 21.6. The van der Waals surface area contributed by atoms with Gasteiger partial charge in [0.25, 0.3) is 0 Å². The lowest BCUT2D eigenvalue weighted by Gasteiger charge is -2.37. The molecule has 0 saturated carbocycles. The van der Waals surface area contributed by atoms with Crippen molar-refractivity contribution < 1.29 is 4.79 Å². The zero-order chi connectivity index (χ0) is 21.9. The molecule has 0 unspecified atom stereocenters. The zero-order valence-electron chi connectivity index (χ0n) is 19.2. The number of aryl methyl sites for hydroxylation is 1. The third kappa shape index (κ3) is 4.49. The molecule has 3 aliphatic rings. The molecule has 2 aromatic heterocycles. The van der Waals surface area contributed by atoms with Gasteiger partial charge in [0, 0.05) is 30.5 Å². The van der Waals surface area contributed by atoms with Gasteiger partial charge in [-0.3, -0.25) is 14.7 Å². The highest BCUT2D eigenvalue weighted by Gasteiger charge is 2.33. The van der Waals surface area contributed by atoms with Crippen molar-refractivity contribution in [1.29, 1.82) is 0 Å². The van der Waals surface area contributed by atoms with E-state index in [-0.39, 0.29) is 11.9 Å². The van der Waals surface area contributed by atoms with Gasteiger partial charge in [0.1, 0.15) is 5.82 Å². The summed E-state index contributed by atoms with van der Waals surface area (Å²) in [5.41, 5.74) is 3.37. The number of pyridine rings is 1. The number of carbonyl (C=O) groups is 1. The maximum absolute atomic E-state index is 13.2. The van der Waals surface area contributed by atoms with Crippen molar-refractivity contribution in [3.8, 4) is 0 Å². The van der Waals surface area contributed by atoms with Gasteiger partial charge in [0.2, 0.25) is 5.91 Å². The first-order chi connectivity index (χ1) is 15.7. The smallest absolute Gasteiger partial charge is 0.237 e. The van der Waals surface area contributed by atoms with E-state index in [0.717, 1.165) is 87.9 Å². The molecule has 0 spiro atoms. The molecule has 2 saturated heterocycles. The van der Waals surface area contributed by atoms with Crippen LogP contribution in [0.5, 0.6) is 0 Å². The molecule has 170 valence electrons. The second-order valence-corrected chi connectivity index (χ2v) is 9.40. The average molecular weight is 435 g/mol. The molecule has 0 N–H and O–H groups in total. The monoisotopic (exact) mass is 434 g/mol. The van der Waals surface area contributed by atoms with Crippen LogP contribution in [0.3, 0.4) is 0 Å². The van der Waals surface area contributed by atoms with E-state index in [1.165, 1.54) is 18.4 Å². The Morgan fingerprint density at radius 2 is 1.88 bits per heavy atom. The SMILES string of the molecule is Cc1nc([C@H]2CCCCN2C(=O)CN2CCCC2)nc2c1CCCN2Cc1ccccn1. The summed E-state index contributed by atoms with van der Waals surface area (Å²) in [5.74, 6) is 2.10. The fourth-order valence-electron chi connectivity index (χ4n) is 5.42. The zero-order valence-corrected chi connectivity index (χ0v) is 19.2. The number of piperidine rings is 1. The van der Waals surface area contributed by atoms with E-state index < -0.39 is 0 Å². The van der Waals surface area contributed by atoms with E-state index in [2.05, 4.69) is 32.7 Å². The topological polar surface area (TPSA) is 65.5 Å². The number of hydrogen-bond acceptors (Lipinski definition) is 6. The molecule has 0 aliphatic carbocycles. The first-order valence-corrected chi connectivity index (χ1v) is 12.2. The minimum absolute atomic E-state index is 0.0125. The largest absolute Gasteiger partial charge is 0.350 e. The molecule has 0 bridgehead atoms. The Morgan fingerprint density at radius 3 is 2.69 bits per heavy atom. The molecule has 5 heterocycles. The molecule has 3 aliphatic heterocycles. The summed E-state index contributed by atoms with van der Waals surface area (Å²) >= 11 is 0. The van der Waals surface area contributed by atoms with Crippen LogP contribution in [-0.4, -0.2) is 63.4 Å². The van der Waals surface area contributed by atoms with Crippen LogP contribution in [0.25, 0.3) is 0 Å². The highest BCUT2D eigenvalue weighted by molar-refractivity contribution is 5.79. The summed E-state index contributed by atoms with van der Waals surface area (Å²) < 4.78 is 0. The lowest BCUT2D eigenvalue weighted by molar-refractivity contribution is -0.136. The number of likely N-dealkylation sites (tertiary alicyclic amines) is 2. The van der Waals surface area contributed by atoms with Gasteiger partial charge >= 0.3 is 0 Å². The fraction of sp³-hybridized carbons (Fsp3) is 0.600. The molecule has 0 aromatic carbocycles. The van der Waals surface area contributed by atoms with Gasteiger partial charge in [-0.05, 0) is 77.1 Å². The van der Waals surface area contributed by atoms with Crippen molar-refractivity contribution in [2.45, 2.75) is 64.5 Å². The molecule has 32 heavy (non-hydrogen) atoms. The number of nitrogens with zero attached hydrogens (tertiary/aromatic N) is 6. The molecular formula is C25H34N6O. The molecule has 0 radical (unpaired) electrons. The second kappa shape index (κ2) is 9.53. The minimum Gasteiger partial charge on any atom is -0.350 e. The first kappa shape index (κ1) is 21.3. The van der Waals surface area contributed by atoms with E-state index in [4.69, 9.17) is 9.97 Å². The van der Waals surface area contributed by atoms with Gasteiger partial charge in [-0.2, -0.15) is 0 Å². The van der Waals surface area contributed by atoms with Crippen LogP contribution in [0.2, 0.25) is 0 Å². The summed E-state index contributed by atoms with van der Waals surface area (Å²) in [6, 6.07) is 6.05. The van der Waals surface area contributed by atoms with Crippen LogP contribution in [0.15, 0.2) is 24.4 Å². The molecule has 2 aromatic rings. The third-order valence-corrected chi connectivity index (χ3v) is 7.12. The number of aromatic nitrogens is 3. The van der Waals surface area contributed by atoms with Crippen molar-refractivity contribution in [3.05, 3.63) is 47.2 Å². The van der Waals surface area contributed by atoms with Gasteiger partial charge in [0.15, 0.2) is 5.82 Å². The van der Waals surface area contributed by atoms with Crippen LogP contribution in [0.1, 0.15) is 67.3 Å². The number of hydrogen-bond donors (Lipinski definition) is 0. The Kier molecular flexibility index (Phi) is 6.35.